The van der Waals surface area contributed by atoms with E-state index in [1.165, 1.54) is 11.5 Å². The van der Waals surface area contributed by atoms with E-state index in [0.717, 1.165) is 5.57 Å². The van der Waals surface area contributed by atoms with Gasteiger partial charge in [0.25, 0.3) is 5.91 Å². The van der Waals surface area contributed by atoms with E-state index in [1.54, 1.807) is 12.1 Å². The molecule has 4 nitrogen and oxygen atoms in total. The Hall–Kier alpha value is -1.81. The van der Waals surface area contributed by atoms with Crippen LogP contribution in [0.2, 0.25) is 0 Å². The SMILES string of the molecule is C=C(C)Cc1cccc(C(=O)NO)c1O. The lowest BCUT2D eigenvalue weighted by atomic mass is 10.0. The third-order valence-electron chi connectivity index (χ3n) is 1.96. The second-order valence-electron chi connectivity index (χ2n) is 3.39. The van der Waals surface area contributed by atoms with E-state index in [2.05, 4.69) is 6.58 Å². The standard InChI is InChI=1S/C11H13NO3/c1-7(2)6-8-4-3-5-9(10(8)13)11(14)12-15/h3-5,13,15H,1,6H2,2H3,(H,12,14). The van der Waals surface area contributed by atoms with Gasteiger partial charge < -0.3 is 5.11 Å². The molecule has 0 aliphatic carbocycles. The summed E-state index contributed by atoms with van der Waals surface area (Å²) < 4.78 is 0. The summed E-state index contributed by atoms with van der Waals surface area (Å²) in [6.45, 7) is 5.56. The maximum absolute atomic E-state index is 11.1. The molecule has 0 saturated carbocycles. The Balaban J connectivity index is 3.11. The van der Waals surface area contributed by atoms with Crippen molar-refractivity contribution in [3.8, 4) is 5.75 Å². The third kappa shape index (κ3) is 2.57. The number of hydroxylamine groups is 1. The minimum atomic E-state index is -0.726. The third-order valence-corrected chi connectivity index (χ3v) is 1.96. The predicted molar refractivity (Wildman–Crippen MR) is 55.9 cm³/mol. The molecule has 1 rings (SSSR count). The Kier molecular flexibility index (Phi) is 3.46. The molecule has 4 heteroatoms. The highest BCUT2D eigenvalue weighted by molar-refractivity contribution is 5.96. The van der Waals surface area contributed by atoms with Crippen LogP contribution in [0.4, 0.5) is 0 Å². The van der Waals surface area contributed by atoms with Crippen LogP contribution in [0.3, 0.4) is 0 Å². The van der Waals surface area contributed by atoms with Crippen molar-refractivity contribution >= 4 is 5.91 Å². The van der Waals surface area contributed by atoms with Crippen LogP contribution < -0.4 is 5.48 Å². The van der Waals surface area contributed by atoms with Crippen LogP contribution >= 0.6 is 0 Å². The summed E-state index contributed by atoms with van der Waals surface area (Å²) in [5.41, 5.74) is 3.03. The molecular formula is C11H13NO3. The van der Waals surface area contributed by atoms with Crippen molar-refractivity contribution < 1.29 is 15.1 Å². The number of hydrogen-bond acceptors (Lipinski definition) is 3. The number of carbonyl (C=O) groups is 1. The second kappa shape index (κ2) is 4.61. The van der Waals surface area contributed by atoms with Crippen LogP contribution in [0, 0.1) is 0 Å². The van der Waals surface area contributed by atoms with E-state index in [9.17, 15) is 9.90 Å². The number of para-hydroxylation sites is 1. The van der Waals surface area contributed by atoms with Crippen LogP contribution in [0.25, 0.3) is 0 Å². The maximum atomic E-state index is 11.1. The van der Waals surface area contributed by atoms with E-state index in [4.69, 9.17) is 5.21 Å². The fraction of sp³-hybridized carbons (Fsp3) is 0.182. The predicted octanol–water partition coefficient (Wildman–Crippen LogP) is 1.63. The zero-order valence-electron chi connectivity index (χ0n) is 8.45. The molecule has 0 aliphatic rings. The van der Waals surface area contributed by atoms with Gasteiger partial charge in [-0.2, -0.15) is 0 Å². The van der Waals surface area contributed by atoms with Gasteiger partial charge in [0.1, 0.15) is 5.75 Å². The highest BCUT2D eigenvalue weighted by atomic mass is 16.5. The van der Waals surface area contributed by atoms with Crippen molar-refractivity contribution in [2.45, 2.75) is 13.3 Å². The van der Waals surface area contributed by atoms with Crippen LogP contribution in [0.1, 0.15) is 22.8 Å². The Morgan fingerprint density at radius 1 is 1.53 bits per heavy atom. The second-order valence-corrected chi connectivity index (χ2v) is 3.39. The summed E-state index contributed by atoms with van der Waals surface area (Å²) in [7, 11) is 0. The molecule has 0 heterocycles. The number of phenols is 1. The van der Waals surface area contributed by atoms with Gasteiger partial charge in [-0.15, -0.1) is 0 Å². The summed E-state index contributed by atoms with van der Waals surface area (Å²) in [6.07, 6.45) is 0.498. The van der Waals surface area contributed by atoms with Crippen LogP contribution in [-0.4, -0.2) is 16.2 Å². The van der Waals surface area contributed by atoms with E-state index in [1.807, 2.05) is 6.92 Å². The number of allylic oxidation sites excluding steroid dienone is 1. The van der Waals surface area contributed by atoms with Gasteiger partial charge in [-0.25, -0.2) is 5.48 Å². The van der Waals surface area contributed by atoms with Gasteiger partial charge in [-0.3, -0.25) is 10.0 Å². The molecule has 0 aliphatic heterocycles. The first-order valence-corrected chi connectivity index (χ1v) is 4.46. The molecule has 1 aromatic rings. The van der Waals surface area contributed by atoms with Gasteiger partial charge in [0.05, 0.1) is 5.56 Å². The quantitative estimate of drug-likeness (QED) is 0.401. The number of hydrogen-bond donors (Lipinski definition) is 3. The van der Waals surface area contributed by atoms with Gasteiger partial charge in [0.2, 0.25) is 0 Å². The average molecular weight is 207 g/mol. The molecule has 0 atom stereocenters. The van der Waals surface area contributed by atoms with Crippen LogP contribution in [0.15, 0.2) is 30.4 Å². The number of aromatic hydroxyl groups is 1. The molecule has 0 aromatic heterocycles. The van der Waals surface area contributed by atoms with Crippen molar-refractivity contribution in [3.63, 3.8) is 0 Å². The normalized spacial score (nSPS) is 9.73. The Morgan fingerprint density at radius 3 is 2.73 bits per heavy atom. The van der Waals surface area contributed by atoms with E-state index >= 15 is 0 Å². The largest absolute Gasteiger partial charge is 0.507 e. The fourth-order valence-electron chi connectivity index (χ4n) is 1.30. The first-order valence-electron chi connectivity index (χ1n) is 4.46. The summed E-state index contributed by atoms with van der Waals surface area (Å²) in [5.74, 6) is -0.844. The molecular weight excluding hydrogens is 194 g/mol. The van der Waals surface area contributed by atoms with Gasteiger partial charge >= 0.3 is 0 Å². The average Bonchev–Trinajstić information content (AvgIpc) is 2.19. The van der Waals surface area contributed by atoms with Gasteiger partial charge in [-0.1, -0.05) is 24.3 Å². The summed E-state index contributed by atoms with van der Waals surface area (Å²) in [5, 5.41) is 18.2. The summed E-state index contributed by atoms with van der Waals surface area (Å²) in [4.78, 5) is 11.1. The van der Waals surface area contributed by atoms with Crippen LogP contribution in [0.5, 0.6) is 5.75 Å². The molecule has 1 amide bonds. The van der Waals surface area contributed by atoms with Crippen molar-refractivity contribution in [2.75, 3.05) is 0 Å². The number of carbonyl (C=O) groups excluding carboxylic acids is 1. The van der Waals surface area contributed by atoms with Crippen molar-refractivity contribution in [2.24, 2.45) is 0 Å². The summed E-state index contributed by atoms with van der Waals surface area (Å²) >= 11 is 0. The van der Waals surface area contributed by atoms with Gasteiger partial charge in [-0.05, 0) is 25.0 Å². The van der Waals surface area contributed by atoms with Crippen molar-refractivity contribution in [1.82, 2.24) is 5.48 Å². The molecule has 0 bridgehead atoms. The van der Waals surface area contributed by atoms with E-state index in [0.29, 0.717) is 12.0 Å². The molecule has 0 spiro atoms. The number of benzene rings is 1. The topological polar surface area (TPSA) is 69.6 Å². The zero-order chi connectivity index (χ0) is 11.4. The molecule has 0 saturated heterocycles. The Labute approximate surface area is 87.8 Å². The molecule has 80 valence electrons. The molecule has 3 N–H and O–H groups in total. The first kappa shape index (κ1) is 11.3. The highest BCUT2D eigenvalue weighted by Crippen LogP contribution is 2.24. The Morgan fingerprint density at radius 2 is 2.20 bits per heavy atom. The van der Waals surface area contributed by atoms with E-state index in [-0.39, 0.29) is 11.3 Å². The minimum absolute atomic E-state index is 0.0521. The number of rotatable bonds is 3. The Bertz CT molecular complexity index is 399. The molecule has 15 heavy (non-hydrogen) atoms. The lowest BCUT2D eigenvalue weighted by Crippen LogP contribution is -2.18. The molecule has 0 fully saturated rings. The molecule has 0 radical (unpaired) electrons. The molecule has 0 unspecified atom stereocenters. The number of amides is 1. The van der Waals surface area contributed by atoms with Gasteiger partial charge in [0, 0.05) is 0 Å². The van der Waals surface area contributed by atoms with Crippen LogP contribution in [-0.2, 0) is 6.42 Å². The monoisotopic (exact) mass is 207 g/mol. The van der Waals surface area contributed by atoms with Crippen molar-refractivity contribution in [3.05, 3.63) is 41.5 Å². The summed E-state index contributed by atoms with van der Waals surface area (Å²) in [6, 6.07) is 4.78. The van der Waals surface area contributed by atoms with Crippen molar-refractivity contribution in [1.29, 1.82) is 0 Å². The minimum Gasteiger partial charge on any atom is -0.507 e. The lowest BCUT2D eigenvalue weighted by molar-refractivity contribution is 0.0703. The fourth-order valence-corrected chi connectivity index (χ4v) is 1.30. The number of nitrogens with one attached hydrogen (secondary N) is 1. The number of phenolic OH excluding ortho intramolecular Hbond substituents is 1. The lowest BCUT2D eigenvalue weighted by Gasteiger charge is -2.07. The smallest absolute Gasteiger partial charge is 0.278 e. The zero-order valence-corrected chi connectivity index (χ0v) is 8.45. The van der Waals surface area contributed by atoms with E-state index < -0.39 is 5.91 Å². The van der Waals surface area contributed by atoms with Gasteiger partial charge in [0.15, 0.2) is 0 Å². The highest BCUT2D eigenvalue weighted by Gasteiger charge is 2.12. The molecule has 1 aromatic carbocycles. The maximum Gasteiger partial charge on any atom is 0.278 e. The first-order chi connectivity index (χ1) is 7.06.